The van der Waals surface area contributed by atoms with Gasteiger partial charge in [-0.05, 0) is 32.8 Å². The van der Waals surface area contributed by atoms with E-state index in [4.69, 9.17) is 0 Å². The number of urea groups is 1. The average Bonchev–Trinajstić information content (AvgIpc) is 2.94. The van der Waals surface area contributed by atoms with Crippen LogP contribution in [0.1, 0.15) is 37.1 Å². The number of rotatable bonds is 4. The van der Waals surface area contributed by atoms with E-state index in [1.54, 1.807) is 23.1 Å². The second kappa shape index (κ2) is 7.50. The number of aromatic nitrogens is 4. The summed E-state index contributed by atoms with van der Waals surface area (Å²) in [7, 11) is 1.88. The van der Waals surface area contributed by atoms with Gasteiger partial charge in [-0.15, -0.1) is 0 Å². The van der Waals surface area contributed by atoms with Crippen LogP contribution in [-0.4, -0.2) is 44.9 Å². The SMILES string of the molecule is Cc1nn(C)cc1[C@H](C)NC(=O)N[C@@H]1CCCN(c2ncccn2)C1. The van der Waals surface area contributed by atoms with E-state index in [2.05, 4.69) is 30.6 Å². The first kappa shape index (κ1) is 17.2. The first-order chi connectivity index (χ1) is 12.0. The van der Waals surface area contributed by atoms with Gasteiger partial charge in [-0.3, -0.25) is 4.68 Å². The lowest BCUT2D eigenvalue weighted by Crippen LogP contribution is -2.51. The van der Waals surface area contributed by atoms with E-state index in [1.807, 2.05) is 27.1 Å². The number of nitrogens with zero attached hydrogens (tertiary/aromatic N) is 5. The van der Waals surface area contributed by atoms with Crippen molar-refractivity contribution in [2.24, 2.45) is 7.05 Å². The van der Waals surface area contributed by atoms with Crippen LogP contribution in [0.5, 0.6) is 0 Å². The van der Waals surface area contributed by atoms with Gasteiger partial charge in [0, 0.05) is 50.3 Å². The largest absolute Gasteiger partial charge is 0.339 e. The van der Waals surface area contributed by atoms with Crippen molar-refractivity contribution in [2.45, 2.75) is 38.8 Å². The maximum atomic E-state index is 12.4. The summed E-state index contributed by atoms with van der Waals surface area (Å²) in [4.78, 5) is 23.1. The Morgan fingerprint density at radius 3 is 2.80 bits per heavy atom. The van der Waals surface area contributed by atoms with Crippen LogP contribution < -0.4 is 15.5 Å². The molecular formula is C17H25N7O. The summed E-state index contributed by atoms with van der Waals surface area (Å²) in [6.45, 7) is 5.55. The number of nitrogens with one attached hydrogen (secondary N) is 2. The number of anilines is 1. The van der Waals surface area contributed by atoms with Crippen molar-refractivity contribution < 1.29 is 4.79 Å². The zero-order valence-electron chi connectivity index (χ0n) is 14.9. The van der Waals surface area contributed by atoms with Gasteiger partial charge < -0.3 is 15.5 Å². The molecule has 0 aliphatic carbocycles. The maximum Gasteiger partial charge on any atom is 0.315 e. The molecule has 1 aliphatic heterocycles. The van der Waals surface area contributed by atoms with Crippen molar-refractivity contribution in [3.63, 3.8) is 0 Å². The molecule has 1 saturated heterocycles. The molecule has 2 amide bonds. The highest BCUT2D eigenvalue weighted by Gasteiger charge is 2.23. The Kier molecular flexibility index (Phi) is 5.16. The van der Waals surface area contributed by atoms with Gasteiger partial charge in [0.2, 0.25) is 5.95 Å². The molecule has 2 aromatic heterocycles. The second-order valence-corrected chi connectivity index (χ2v) is 6.52. The van der Waals surface area contributed by atoms with Crippen LogP contribution in [0.15, 0.2) is 24.7 Å². The highest BCUT2D eigenvalue weighted by Crippen LogP contribution is 2.17. The van der Waals surface area contributed by atoms with E-state index in [1.165, 1.54) is 0 Å². The molecular weight excluding hydrogens is 318 g/mol. The number of hydrogen-bond donors (Lipinski definition) is 2. The van der Waals surface area contributed by atoms with Gasteiger partial charge in [0.15, 0.2) is 0 Å². The molecule has 0 unspecified atom stereocenters. The van der Waals surface area contributed by atoms with Gasteiger partial charge in [0.1, 0.15) is 0 Å². The minimum atomic E-state index is -0.156. The van der Waals surface area contributed by atoms with Crippen molar-refractivity contribution >= 4 is 12.0 Å². The third-order valence-electron chi connectivity index (χ3n) is 4.46. The summed E-state index contributed by atoms with van der Waals surface area (Å²) in [5.41, 5.74) is 1.96. The molecule has 0 aromatic carbocycles. The van der Waals surface area contributed by atoms with Crippen LogP contribution in [0.4, 0.5) is 10.7 Å². The number of hydrogen-bond acceptors (Lipinski definition) is 5. The maximum absolute atomic E-state index is 12.4. The topological polar surface area (TPSA) is 88.0 Å². The molecule has 2 atom stereocenters. The molecule has 8 nitrogen and oxygen atoms in total. The zero-order valence-corrected chi connectivity index (χ0v) is 14.9. The fourth-order valence-corrected chi connectivity index (χ4v) is 3.28. The molecule has 3 heterocycles. The Labute approximate surface area is 147 Å². The summed E-state index contributed by atoms with van der Waals surface area (Å²) in [5.74, 6) is 0.716. The fraction of sp³-hybridized carbons (Fsp3) is 0.529. The van der Waals surface area contributed by atoms with Crippen molar-refractivity contribution in [3.8, 4) is 0 Å². The summed E-state index contributed by atoms with van der Waals surface area (Å²) < 4.78 is 1.76. The number of aryl methyl sites for hydroxylation is 2. The molecule has 1 aliphatic rings. The highest BCUT2D eigenvalue weighted by molar-refractivity contribution is 5.74. The minimum absolute atomic E-state index is 0.0831. The number of amides is 2. The lowest BCUT2D eigenvalue weighted by molar-refractivity contribution is 0.232. The lowest BCUT2D eigenvalue weighted by Gasteiger charge is -2.33. The number of carbonyl (C=O) groups is 1. The predicted octanol–water partition coefficient (Wildman–Crippen LogP) is 1.55. The lowest BCUT2D eigenvalue weighted by atomic mass is 10.1. The van der Waals surface area contributed by atoms with E-state index in [-0.39, 0.29) is 18.1 Å². The molecule has 1 fully saturated rings. The Bertz CT molecular complexity index is 715. The Morgan fingerprint density at radius 1 is 1.36 bits per heavy atom. The van der Waals surface area contributed by atoms with E-state index >= 15 is 0 Å². The van der Waals surface area contributed by atoms with Crippen LogP contribution in [0.2, 0.25) is 0 Å². The zero-order chi connectivity index (χ0) is 17.8. The second-order valence-electron chi connectivity index (χ2n) is 6.52. The highest BCUT2D eigenvalue weighted by atomic mass is 16.2. The fourth-order valence-electron chi connectivity index (χ4n) is 3.28. The Balaban J connectivity index is 1.54. The monoisotopic (exact) mass is 343 g/mol. The third kappa shape index (κ3) is 4.26. The molecule has 134 valence electrons. The van der Waals surface area contributed by atoms with Crippen LogP contribution in [0, 0.1) is 6.92 Å². The molecule has 8 heteroatoms. The molecule has 25 heavy (non-hydrogen) atoms. The summed E-state index contributed by atoms with van der Waals surface area (Å²) in [6.07, 6.45) is 7.38. The first-order valence-corrected chi connectivity index (χ1v) is 8.62. The van der Waals surface area contributed by atoms with Gasteiger partial charge in [-0.1, -0.05) is 0 Å². The van der Waals surface area contributed by atoms with Crippen LogP contribution in [-0.2, 0) is 7.05 Å². The predicted molar refractivity (Wildman–Crippen MR) is 95.3 cm³/mol. The molecule has 2 aromatic rings. The van der Waals surface area contributed by atoms with Gasteiger partial charge in [0.25, 0.3) is 0 Å². The number of piperidine rings is 1. The first-order valence-electron chi connectivity index (χ1n) is 8.62. The molecule has 0 bridgehead atoms. The van der Waals surface area contributed by atoms with Crippen LogP contribution in [0.3, 0.4) is 0 Å². The van der Waals surface area contributed by atoms with Crippen molar-refractivity contribution in [1.29, 1.82) is 0 Å². The van der Waals surface area contributed by atoms with Gasteiger partial charge >= 0.3 is 6.03 Å². The number of carbonyl (C=O) groups excluding carboxylic acids is 1. The van der Waals surface area contributed by atoms with E-state index in [9.17, 15) is 4.79 Å². The van der Waals surface area contributed by atoms with Crippen molar-refractivity contribution in [1.82, 2.24) is 30.4 Å². The van der Waals surface area contributed by atoms with Crippen molar-refractivity contribution in [2.75, 3.05) is 18.0 Å². The summed E-state index contributed by atoms with van der Waals surface area (Å²) in [6, 6.07) is 1.64. The third-order valence-corrected chi connectivity index (χ3v) is 4.46. The normalized spacial score (nSPS) is 18.7. The summed E-state index contributed by atoms with van der Waals surface area (Å²) in [5, 5.41) is 10.4. The van der Waals surface area contributed by atoms with Gasteiger partial charge in [-0.2, -0.15) is 5.10 Å². The summed E-state index contributed by atoms with van der Waals surface area (Å²) >= 11 is 0. The molecule has 3 rings (SSSR count). The van der Waals surface area contributed by atoms with Crippen molar-refractivity contribution in [3.05, 3.63) is 35.9 Å². The van der Waals surface area contributed by atoms with E-state index in [0.29, 0.717) is 5.95 Å². The van der Waals surface area contributed by atoms with E-state index in [0.717, 1.165) is 37.2 Å². The van der Waals surface area contributed by atoms with Crippen LogP contribution in [0.25, 0.3) is 0 Å². The molecule has 0 saturated carbocycles. The minimum Gasteiger partial charge on any atom is -0.339 e. The van der Waals surface area contributed by atoms with E-state index < -0.39 is 0 Å². The van der Waals surface area contributed by atoms with Gasteiger partial charge in [0.05, 0.1) is 11.7 Å². The standard InChI is InChI=1S/C17H25N7O/c1-12(15-11-23(3)22-13(15)2)20-17(25)21-14-6-4-9-24(10-14)16-18-7-5-8-19-16/h5,7-8,11-12,14H,4,6,9-10H2,1-3H3,(H2,20,21,25)/t12-,14+/m0/s1. The van der Waals surface area contributed by atoms with Gasteiger partial charge in [-0.25, -0.2) is 14.8 Å². The molecule has 0 spiro atoms. The quantitative estimate of drug-likeness (QED) is 0.879. The molecule has 2 N–H and O–H groups in total. The smallest absolute Gasteiger partial charge is 0.315 e. The Hall–Kier alpha value is -2.64. The van der Waals surface area contributed by atoms with Crippen LogP contribution >= 0.6 is 0 Å². The average molecular weight is 343 g/mol. The Morgan fingerprint density at radius 2 is 2.12 bits per heavy atom. The molecule has 0 radical (unpaired) electrons.